The van der Waals surface area contributed by atoms with Crippen molar-refractivity contribution in [2.75, 3.05) is 17.1 Å². The van der Waals surface area contributed by atoms with Crippen molar-refractivity contribution in [3.8, 4) is 6.19 Å². The maximum Gasteiger partial charge on any atom is 0.419 e. The zero-order valence-electron chi connectivity index (χ0n) is 9.31. The smallest absolute Gasteiger partial charge is 0.376 e. The highest BCUT2D eigenvalue weighted by Gasteiger charge is 2.35. The Morgan fingerprint density at radius 3 is 2.58 bits per heavy atom. The molecular weight excluding hydrogens is 306 g/mol. The molecule has 19 heavy (non-hydrogen) atoms. The molecule has 2 N–H and O–H groups in total. The number of nitrogens with one attached hydrogen (secondary N) is 2. The van der Waals surface area contributed by atoms with E-state index in [-0.39, 0.29) is 11.6 Å². The van der Waals surface area contributed by atoms with Crippen molar-refractivity contribution < 1.29 is 17.6 Å². The van der Waals surface area contributed by atoms with E-state index < -0.39 is 22.6 Å². The molecule has 0 aromatic heterocycles. The lowest BCUT2D eigenvalue weighted by molar-refractivity contribution is -0.139. The summed E-state index contributed by atoms with van der Waals surface area (Å²) in [6.45, 7) is 0. The highest BCUT2D eigenvalue weighted by molar-refractivity contribution is 7.99. The molecule has 0 aliphatic carbocycles. The van der Waals surface area contributed by atoms with Crippen molar-refractivity contribution in [2.24, 2.45) is 0 Å². The van der Waals surface area contributed by atoms with Gasteiger partial charge in [0.1, 0.15) is 0 Å². The van der Waals surface area contributed by atoms with E-state index >= 15 is 0 Å². The number of benzene rings is 1. The van der Waals surface area contributed by atoms with Crippen LogP contribution in [0, 0.1) is 17.3 Å². The van der Waals surface area contributed by atoms with E-state index in [1.54, 1.807) is 6.19 Å². The van der Waals surface area contributed by atoms with E-state index in [0.29, 0.717) is 11.9 Å². The van der Waals surface area contributed by atoms with Gasteiger partial charge in [-0.15, -0.1) is 11.8 Å². The fraction of sp³-hybridized carbons (Fsp3) is 0.300. The first-order valence-electron chi connectivity index (χ1n) is 4.86. The minimum absolute atomic E-state index is 0.0585. The van der Waals surface area contributed by atoms with E-state index in [4.69, 9.17) is 16.9 Å². The maximum absolute atomic E-state index is 13.2. The molecule has 0 saturated heterocycles. The van der Waals surface area contributed by atoms with E-state index in [1.165, 1.54) is 11.8 Å². The Hall–Kier alpha value is -1.33. The first-order chi connectivity index (χ1) is 8.86. The van der Waals surface area contributed by atoms with E-state index in [2.05, 4.69) is 10.6 Å². The molecular formula is C10H8ClF4N3S. The van der Waals surface area contributed by atoms with Gasteiger partial charge in [-0.2, -0.15) is 18.4 Å². The fourth-order valence-corrected chi connectivity index (χ4v) is 1.92. The van der Waals surface area contributed by atoms with Gasteiger partial charge in [0, 0.05) is 5.69 Å². The average molecular weight is 314 g/mol. The molecule has 0 saturated carbocycles. The van der Waals surface area contributed by atoms with Gasteiger partial charge in [0.15, 0.2) is 12.0 Å². The molecule has 0 amide bonds. The molecule has 0 bridgehead atoms. The minimum atomic E-state index is -4.80. The molecule has 3 nitrogen and oxygen atoms in total. The van der Waals surface area contributed by atoms with Crippen molar-refractivity contribution in [1.29, 1.82) is 5.26 Å². The molecule has 0 fully saturated rings. The number of nitriles is 1. The zero-order valence-corrected chi connectivity index (χ0v) is 10.9. The monoisotopic (exact) mass is 313 g/mol. The highest BCUT2D eigenvalue weighted by atomic mass is 35.5. The van der Waals surface area contributed by atoms with Crippen molar-refractivity contribution in [3.05, 3.63) is 28.5 Å². The van der Waals surface area contributed by atoms with Crippen LogP contribution in [-0.4, -0.2) is 11.8 Å². The van der Waals surface area contributed by atoms with Gasteiger partial charge in [0.05, 0.1) is 22.3 Å². The number of halogens is 5. The second-order valence-electron chi connectivity index (χ2n) is 3.28. The summed E-state index contributed by atoms with van der Waals surface area (Å²) in [7, 11) is 0. The van der Waals surface area contributed by atoms with Crippen LogP contribution in [0.5, 0.6) is 0 Å². The minimum Gasteiger partial charge on any atom is -0.376 e. The topological polar surface area (TPSA) is 47.9 Å². The Morgan fingerprint density at radius 2 is 2.00 bits per heavy atom. The molecule has 104 valence electrons. The Morgan fingerprint density at radius 1 is 1.32 bits per heavy atom. The molecule has 1 aromatic carbocycles. The normalized spacial score (nSPS) is 10.9. The summed E-state index contributed by atoms with van der Waals surface area (Å²) >= 11 is 6.64. The second-order valence-corrected chi connectivity index (χ2v) is 4.67. The summed E-state index contributed by atoms with van der Waals surface area (Å²) in [5, 5.41) is 12.6. The van der Waals surface area contributed by atoms with Gasteiger partial charge in [-0.05, 0) is 12.1 Å². The van der Waals surface area contributed by atoms with E-state index in [0.717, 1.165) is 6.07 Å². The lowest BCUT2D eigenvalue weighted by Gasteiger charge is -2.12. The lowest BCUT2D eigenvalue weighted by Crippen LogP contribution is -2.11. The Labute approximate surface area is 115 Å². The average Bonchev–Trinajstić information content (AvgIpc) is 2.31. The number of thioether (sulfide) groups is 1. The van der Waals surface area contributed by atoms with Crippen LogP contribution in [-0.2, 0) is 6.18 Å². The third-order valence-corrected chi connectivity index (χ3v) is 2.94. The molecule has 0 unspecified atom stereocenters. The summed E-state index contributed by atoms with van der Waals surface area (Å²) in [6, 6.07) is 1.73. The van der Waals surface area contributed by atoms with Gasteiger partial charge >= 0.3 is 6.18 Å². The van der Waals surface area contributed by atoms with Crippen LogP contribution in [0.2, 0.25) is 5.02 Å². The standard InChI is InChI=1S/C10H8ClF4N3S/c11-8-2-6(18-5-19-4-17-3-16)1-7(9(8)12)10(13,14)15/h1-2,17-18H,4-5H2. The van der Waals surface area contributed by atoms with Gasteiger partial charge in [0.25, 0.3) is 0 Å². The summed E-state index contributed by atoms with van der Waals surface area (Å²) < 4.78 is 50.8. The molecule has 9 heteroatoms. The first kappa shape index (κ1) is 15.7. The van der Waals surface area contributed by atoms with E-state index in [9.17, 15) is 17.6 Å². The van der Waals surface area contributed by atoms with Crippen molar-refractivity contribution in [3.63, 3.8) is 0 Å². The van der Waals surface area contributed by atoms with Gasteiger partial charge in [-0.1, -0.05) is 11.6 Å². The molecule has 1 aromatic rings. The zero-order chi connectivity index (χ0) is 14.5. The van der Waals surface area contributed by atoms with Gasteiger partial charge in [-0.25, -0.2) is 4.39 Å². The number of nitrogens with zero attached hydrogens (tertiary/aromatic N) is 1. The van der Waals surface area contributed by atoms with Crippen LogP contribution in [0.4, 0.5) is 23.2 Å². The summed E-state index contributed by atoms with van der Waals surface area (Å²) in [5.74, 6) is -0.933. The molecule has 0 aliphatic rings. The van der Waals surface area contributed by atoms with Crippen LogP contribution in [0.1, 0.15) is 5.56 Å². The molecule has 0 atom stereocenters. The predicted molar refractivity (Wildman–Crippen MR) is 66.1 cm³/mol. The molecule has 0 spiro atoms. The van der Waals surface area contributed by atoms with Gasteiger partial charge in [0.2, 0.25) is 0 Å². The largest absolute Gasteiger partial charge is 0.419 e. The Bertz CT molecular complexity index is 487. The van der Waals surface area contributed by atoms with Crippen LogP contribution in [0.25, 0.3) is 0 Å². The maximum atomic E-state index is 13.2. The second kappa shape index (κ2) is 6.73. The van der Waals surface area contributed by atoms with Crippen LogP contribution < -0.4 is 10.6 Å². The highest BCUT2D eigenvalue weighted by Crippen LogP contribution is 2.36. The van der Waals surface area contributed by atoms with Gasteiger partial charge in [-0.3, -0.25) is 0 Å². The fourth-order valence-electron chi connectivity index (χ4n) is 1.17. The van der Waals surface area contributed by atoms with Crippen molar-refractivity contribution in [1.82, 2.24) is 5.32 Å². The number of rotatable bonds is 5. The molecule has 0 heterocycles. The van der Waals surface area contributed by atoms with Gasteiger partial charge < -0.3 is 10.6 Å². The van der Waals surface area contributed by atoms with Crippen molar-refractivity contribution in [2.45, 2.75) is 6.18 Å². The third kappa shape index (κ3) is 4.69. The van der Waals surface area contributed by atoms with Crippen LogP contribution >= 0.6 is 23.4 Å². The number of hydrogen-bond donors (Lipinski definition) is 2. The number of alkyl halides is 3. The Kier molecular flexibility index (Phi) is 5.57. The van der Waals surface area contributed by atoms with Crippen LogP contribution in [0.3, 0.4) is 0 Å². The Balaban J connectivity index is 2.75. The first-order valence-corrected chi connectivity index (χ1v) is 6.39. The summed E-state index contributed by atoms with van der Waals surface area (Å²) in [5.41, 5.74) is -1.36. The lowest BCUT2D eigenvalue weighted by atomic mass is 10.2. The summed E-state index contributed by atoms with van der Waals surface area (Å²) in [4.78, 5) is 0. The molecule has 0 radical (unpaired) electrons. The predicted octanol–water partition coefficient (Wildman–Crippen LogP) is 3.63. The molecule has 0 aliphatic heterocycles. The SMILES string of the molecule is N#CNCSCNc1cc(Cl)c(F)c(C(F)(F)F)c1. The van der Waals surface area contributed by atoms with E-state index in [1.807, 2.05) is 0 Å². The van der Waals surface area contributed by atoms with Crippen molar-refractivity contribution >= 4 is 29.1 Å². The van der Waals surface area contributed by atoms with Crippen LogP contribution in [0.15, 0.2) is 12.1 Å². The quantitative estimate of drug-likeness (QED) is 0.286. The number of hydrogen-bond acceptors (Lipinski definition) is 4. The summed E-state index contributed by atoms with van der Waals surface area (Å²) in [6.07, 6.45) is -3.11. The number of anilines is 1. The molecule has 1 rings (SSSR count). The third-order valence-electron chi connectivity index (χ3n) is 1.97.